The van der Waals surface area contributed by atoms with Crippen molar-refractivity contribution in [1.82, 2.24) is 0 Å². The van der Waals surface area contributed by atoms with Gasteiger partial charge in [0.15, 0.2) is 11.5 Å². The number of hydrogen-bond donors (Lipinski definition) is 0. The Labute approximate surface area is 103 Å². The van der Waals surface area contributed by atoms with Crippen LogP contribution in [0.4, 0.5) is 0 Å². The van der Waals surface area contributed by atoms with E-state index < -0.39 is 0 Å². The molecular weight excluding hydrogens is 272 g/mol. The number of carbonyl (C=O) groups is 1. The van der Waals surface area contributed by atoms with Crippen LogP contribution in [0.25, 0.3) is 0 Å². The highest BCUT2D eigenvalue weighted by Gasteiger charge is 2.15. The van der Waals surface area contributed by atoms with Gasteiger partial charge in [-0.2, -0.15) is 0 Å². The summed E-state index contributed by atoms with van der Waals surface area (Å²) in [5.74, 6) is 1.81. The maximum Gasteiger partial charge on any atom is 0.231 e. The van der Waals surface area contributed by atoms with Gasteiger partial charge in [-0.25, -0.2) is 0 Å². The number of carbonyl (C=O) groups excluding carboxylic acids is 1. The molecule has 0 fully saturated rings. The summed E-state index contributed by atoms with van der Waals surface area (Å²) in [7, 11) is 0. The number of rotatable bonds is 4. The summed E-state index contributed by atoms with van der Waals surface area (Å²) in [5, 5.41) is 0. The van der Waals surface area contributed by atoms with E-state index >= 15 is 0 Å². The minimum atomic E-state index is 0.233. The van der Waals surface area contributed by atoms with E-state index in [0.29, 0.717) is 13.2 Å². The Morgan fingerprint density at radius 1 is 1.38 bits per heavy atom. The van der Waals surface area contributed by atoms with Gasteiger partial charge in [-0.1, -0.05) is 15.9 Å². The van der Waals surface area contributed by atoms with Crippen LogP contribution in [0.2, 0.25) is 0 Å². The lowest BCUT2D eigenvalue weighted by atomic mass is 10.1. The van der Waals surface area contributed by atoms with Crippen molar-refractivity contribution in [3.05, 3.63) is 22.2 Å². The quantitative estimate of drug-likeness (QED) is 0.852. The molecule has 1 aromatic carbocycles. The minimum absolute atomic E-state index is 0.233. The van der Waals surface area contributed by atoms with Crippen LogP contribution in [0.15, 0.2) is 16.6 Å². The first-order chi connectivity index (χ1) is 7.66. The molecular formula is C12H13BrO3. The first-order valence-electron chi connectivity index (χ1n) is 5.24. The van der Waals surface area contributed by atoms with Crippen molar-refractivity contribution in [2.24, 2.45) is 0 Å². The zero-order valence-electron chi connectivity index (χ0n) is 9.09. The third-order valence-electron chi connectivity index (χ3n) is 2.52. The fourth-order valence-electron chi connectivity index (χ4n) is 1.68. The molecule has 0 aromatic heterocycles. The minimum Gasteiger partial charge on any atom is -0.454 e. The standard InChI is InChI=1S/C12H13BrO3/c1-8(14)3-2-4-9-5-11-12(6-10(9)13)16-7-15-11/h5-6H,2-4,7H2,1H3. The van der Waals surface area contributed by atoms with Gasteiger partial charge in [-0.05, 0) is 37.5 Å². The first kappa shape index (κ1) is 11.5. The molecule has 0 N–H and O–H groups in total. The normalized spacial score (nSPS) is 12.9. The molecule has 0 saturated heterocycles. The van der Waals surface area contributed by atoms with Crippen molar-refractivity contribution in [1.29, 1.82) is 0 Å². The lowest BCUT2D eigenvalue weighted by molar-refractivity contribution is -0.117. The lowest BCUT2D eigenvalue weighted by Crippen LogP contribution is -1.94. The zero-order chi connectivity index (χ0) is 11.5. The molecule has 0 atom stereocenters. The summed E-state index contributed by atoms with van der Waals surface area (Å²) >= 11 is 3.50. The van der Waals surface area contributed by atoms with Crippen LogP contribution in [0.5, 0.6) is 11.5 Å². The van der Waals surface area contributed by atoms with E-state index in [1.54, 1.807) is 6.92 Å². The number of ketones is 1. The Balaban J connectivity index is 2.06. The molecule has 0 spiro atoms. The Hall–Kier alpha value is -1.03. The van der Waals surface area contributed by atoms with Crippen molar-refractivity contribution in [2.75, 3.05) is 6.79 Å². The van der Waals surface area contributed by atoms with Crippen LogP contribution in [0, 0.1) is 0 Å². The number of Topliss-reactive ketones (excluding diaryl/α,β-unsaturated/α-hetero) is 1. The average molecular weight is 285 g/mol. The van der Waals surface area contributed by atoms with E-state index in [1.807, 2.05) is 12.1 Å². The van der Waals surface area contributed by atoms with Crippen molar-refractivity contribution in [3.63, 3.8) is 0 Å². The van der Waals surface area contributed by atoms with Gasteiger partial charge >= 0.3 is 0 Å². The topological polar surface area (TPSA) is 35.5 Å². The fraction of sp³-hybridized carbons (Fsp3) is 0.417. The zero-order valence-corrected chi connectivity index (χ0v) is 10.7. The average Bonchev–Trinajstić information content (AvgIpc) is 2.64. The van der Waals surface area contributed by atoms with Crippen LogP contribution in [0.3, 0.4) is 0 Å². The summed E-state index contributed by atoms with van der Waals surface area (Å²) in [6.07, 6.45) is 2.37. The molecule has 86 valence electrons. The highest BCUT2D eigenvalue weighted by Crippen LogP contribution is 2.37. The molecule has 1 heterocycles. The van der Waals surface area contributed by atoms with E-state index in [-0.39, 0.29) is 5.78 Å². The van der Waals surface area contributed by atoms with Gasteiger partial charge in [0.25, 0.3) is 0 Å². The highest BCUT2D eigenvalue weighted by atomic mass is 79.9. The predicted octanol–water partition coefficient (Wildman–Crippen LogP) is 3.09. The number of aryl methyl sites for hydroxylation is 1. The number of fused-ring (bicyclic) bond motifs is 1. The Morgan fingerprint density at radius 3 is 2.75 bits per heavy atom. The van der Waals surface area contributed by atoms with E-state index in [2.05, 4.69) is 15.9 Å². The summed E-state index contributed by atoms with van der Waals surface area (Å²) in [6.45, 7) is 1.91. The van der Waals surface area contributed by atoms with Crippen molar-refractivity contribution >= 4 is 21.7 Å². The molecule has 0 amide bonds. The van der Waals surface area contributed by atoms with Gasteiger partial charge in [0.2, 0.25) is 6.79 Å². The van der Waals surface area contributed by atoms with Crippen molar-refractivity contribution in [3.8, 4) is 11.5 Å². The molecule has 0 bridgehead atoms. The fourth-order valence-corrected chi connectivity index (χ4v) is 2.20. The highest BCUT2D eigenvalue weighted by molar-refractivity contribution is 9.10. The molecule has 2 rings (SSSR count). The molecule has 3 nitrogen and oxygen atoms in total. The third kappa shape index (κ3) is 2.55. The van der Waals surface area contributed by atoms with E-state index in [9.17, 15) is 4.79 Å². The molecule has 0 unspecified atom stereocenters. The molecule has 0 aliphatic carbocycles. The largest absolute Gasteiger partial charge is 0.454 e. The molecule has 16 heavy (non-hydrogen) atoms. The van der Waals surface area contributed by atoms with Gasteiger partial charge in [-0.15, -0.1) is 0 Å². The van der Waals surface area contributed by atoms with Gasteiger partial charge in [0, 0.05) is 10.9 Å². The van der Waals surface area contributed by atoms with Gasteiger partial charge < -0.3 is 14.3 Å². The first-order valence-corrected chi connectivity index (χ1v) is 6.03. The number of ether oxygens (including phenoxy) is 2. The SMILES string of the molecule is CC(=O)CCCc1cc2c(cc1Br)OCO2. The summed E-state index contributed by atoms with van der Waals surface area (Å²) < 4.78 is 11.6. The Morgan fingerprint density at radius 2 is 2.06 bits per heavy atom. The summed E-state index contributed by atoms with van der Waals surface area (Å²) in [5.41, 5.74) is 1.16. The van der Waals surface area contributed by atoms with Gasteiger partial charge in [0.1, 0.15) is 5.78 Å². The summed E-state index contributed by atoms with van der Waals surface area (Å²) in [4.78, 5) is 10.8. The second-order valence-corrected chi connectivity index (χ2v) is 4.71. The maximum absolute atomic E-state index is 10.8. The lowest BCUT2D eigenvalue weighted by Gasteiger charge is -2.05. The van der Waals surface area contributed by atoms with Gasteiger partial charge in [-0.3, -0.25) is 0 Å². The third-order valence-corrected chi connectivity index (χ3v) is 3.25. The van der Waals surface area contributed by atoms with Crippen LogP contribution in [0.1, 0.15) is 25.3 Å². The van der Waals surface area contributed by atoms with E-state index in [1.165, 1.54) is 0 Å². The predicted molar refractivity (Wildman–Crippen MR) is 63.9 cm³/mol. The van der Waals surface area contributed by atoms with Crippen LogP contribution in [-0.4, -0.2) is 12.6 Å². The number of benzene rings is 1. The molecule has 0 saturated carbocycles. The second kappa shape index (κ2) is 4.87. The van der Waals surface area contributed by atoms with Crippen LogP contribution in [-0.2, 0) is 11.2 Å². The maximum atomic E-state index is 10.8. The Kier molecular flexibility index (Phi) is 3.49. The van der Waals surface area contributed by atoms with Crippen molar-refractivity contribution in [2.45, 2.75) is 26.2 Å². The Bertz CT molecular complexity index is 415. The molecule has 1 aliphatic heterocycles. The van der Waals surface area contributed by atoms with E-state index in [0.717, 1.165) is 34.4 Å². The van der Waals surface area contributed by atoms with Crippen LogP contribution >= 0.6 is 15.9 Å². The van der Waals surface area contributed by atoms with E-state index in [4.69, 9.17) is 9.47 Å². The van der Waals surface area contributed by atoms with Crippen molar-refractivity contribution < 1.29 is 14.3 Å². The van der Waals surface area contributed by atoms with Crippen LogP contribution < -0.4 is 9.47 Å². The molecule has 0 radical (unpaired) electrons. The second-order valence-electron chi connectivity index (χ2n) is 3.85. The monoisotopic (exact) mass is 284 g/mol. The van der Waals surface area contributed by atoms with Gasteiger partial charge in [0.05, 0.1) is 0 Å². The summed E-state index contributed by atoms with van der Waals surface area (Å²) in [6, 6.07) is 3.90. The number of halogens is 1. The molecule has 1 aromatic rings. The smallest absolute Gasteiger partial charge is 0.231 e. The molecule has 1 aliphatic rings. The number of hydrogen-bond acceptors (Lipinski definition) is 3. The molecule has 4 heteroatoms.